The molecule has 120 valence electrons. The van der Waals surface area contributed by atoms with E-state index in [1.807, 2.05) is 18.2 Å². The van der Waals surface area contributed by atoms with Gasteiger partial charge in [0.2, 0.25) is 0 Å². The Balaban J connectivity index is 1.69. The monoisotopic (exact) mass is 338 g/mol. The molecule has 2 heterocycles. The maximum absolute atomic E-state index is 13.4. The number of carbonyl (C=O) groups excluding carboxylic acids is 1. The van der Waals surface area contributed by atoms with Crippen LogP contribution in [0.3, 0.4) is 0 Å². The number of halogens is 1. The molecule has 0 saturated heterocycles. The van der Waals surface area contributed by atoms with Crippen LogP contribution in [-0.2, 0) is 11.2 Å². The van der Waals surface area contributed by atoms with Crippen molar-refractivity contribution in [2.45, 2.75) is 25.2 Å². The van der Waals surface area contributed by atoms with Gasteiger partial charge in [-0.15, -0.1) is 11.3 Å². The van der Waals surface area contributed by atoms with Crippen LogP contribution in [-0.4, -0.2) is 16.3 Å². The fourth-order valence-corrected chi connectivity index (χ4v) is 4.01. The number of rotatable bonds is 3. The molecule has 0 spiro atoms. The molecule has 1 unspecified atom stereocenters. The van der Waals surface area contributed by atoms with E-state index in [2.05, 4.69) is 4.98 Å². The van der Waals surface area contributed by atoms with Gasteiger partial charge in [-0.25, -0.2) is 14.4 Å². The number of aromatic nitrogens is 2. The van der Waals surface area contributed by atoms with Crippen LogP contribution < -0.4 is 0 Å². The number of benzene rings is 1. The lowest BCUT2D eigenvalue weighted by Gasteiger charge is -2.20. The zero-order chi connectivity index (χ0) is 16.5. The van der Waals surface area contributed by atoms with Crippen molar-refractivity contribution in [2.24, 2.45) is 0 Å². The van der Waals surface area contributed by atoms with Crippen molar-refractivity contribution in [3.05, 3.63) is 59.7 Å². The molecule has 4 rings (SSSR count). The average molecular weight is 338 g/mol. The zero-order valence-electron chi connectivity index (χ0n) is 12.9. The largest absolute Gasteiger partial charge is 0.303 e. The van der Waals surface area contributed by atoms with Gasteiger partial charge in [-0.05, 0) is 48.6 Å². The van der Waals surface area contributed by atoms with E-state index in [-0.39, 0.29) is 11.7 Å². The molecule has 1 aliphatic carbocycles. The van der Waals surface area contributed by atoms with Gasteiger partial charge in [0.15, 0.2) is 0 Å². The third kappa shape index (κ3) is 2.76. The van der Waals surface area contributed by atoms with Gasteiger partial charge in [0.05, 0.1) is 10.6 Å². The van der Waals surface area contributed by atoms with E-state index >= 15 is 0 Å². The standard InChI is InChI=1S/C19H15FN2OS/c20-14-5-1-3-12(9-14)18-10-21-19(24-18)17-8-7-15-13(11-23)4-2-6-16(15)22-17/h1,3,5,7-11,13H,2,4,6H2. The smallest absolute Gasteiger partial charge is 0.142 e. The molecule has 24 heavy (non-hydrogen) atoms. The zero-order valence-corrected chi connectivity index (χ0v) is 13.7. The Labute approximate surface area is 143 Å². The van der Waals surface area contributed by atoms with E-state index in [9.17, 15) is 9.18 Å². The first-order chi connectivity index (χ1) is 11.7. The van der Waals surface area contributed by atoms with Crippen molar-refractivity contribution >= 4 is 17.6 Å². The molecule has 5 heteroatoms. The van der Waals surface area contributed by atoms with Gasteiger partial charge in [-0.3, -0.25) is 0 Å². The number of aldehydes is 1. The average Bonchev–Trinajstić information content (AvgIpc) is 3.11. The summed E-state index contributed by atoms with van der Waals surface area (Å²) in [6, 6.07) is 10.4. The number of fused-ring (bicyclic) bond motifs is 1. The molecule has 0 saturated carbocycles. The van der Waals surface area contributed by atoms with E-state index in [1.165, 1.54) is 23.5 Å². The molecule has 0 bridgehead atoms. The third-order valence-electron chi connectivity index (χ3n) is 4.34. The highest BCUT2D eigenvalue weighted by atomic mass is 32.1. The van der Waals surface area contributed by atoms with E-state index in [0.717, 1.165) is 57.9 Å². The molecule has 1 aliphatic rings. The van der Waals surface area contributed by atoms with Crippen molar-refractivity contribution in [2.75, 3.05) is 0 Å². The molecular formula is C19H15FN2OS. The van der Waals surface area contributed by atoms with Gasteiger partial charge in [0, 0.05) is 17.8 Å². The van der Waals surface area contributed by atoms with Crippen LogP contribution in [0.4, 0.5) is 4.39 Å². The highest BCUT2D eigenvalue weighted by Crippen LogP contribution is 2.34. The molecule has 1 atom stereocenters. The van der Waals surface area contributed by atoms with Gasteiger partial charge < -0.3 is 4.79 Å². The number of hydrogen-bond acceptors (Lipinski definition) is 4. The molecule has 2 aromatic heterocycles. The fourth-order valence-electron chi connectivity index (χ4n) is 3.12. The van der Waals surface area contributed by atoms with Crippen molar-refractivity contribution < 1.29 is 9.18 Å². The quantitative estimate of drug-likeness (QED) is 0.654. The van der Waals surface area contributed by atoms with E-state index in [0.29, 0.717) is 0 Å². The molecule has 0 aliphatic heterocycles. The minimum absolute atomic E-state index is 0.0329. The molecule has 3 nitrogen and oxygen atoms in total. The van der Waals surface area contributed by atoms with E-state index < -0.39 is 0 Å². The first kappa shape index (κ1) is 15.1. The molecular weight excluding hydrogens is 323 g/mol. The number of nitrogens with zero attached hydrogens (tertiary/aromatic N) is 2. The second-order valence-corrected chi connectivity index (χ2v) is 6.94. The van der Waals surface area contributed by atoms with Crippen LogP contribution in [0, 0.1) is 5.82 Å². The van der Waals surface area contributed by atoms with Gasteiger partial charge >= 0.3 is 0 Å². The number of carbonyl (C=O) groups is 1. The minimum atomic E-state index is -0.255. The maximum Gasteiger partial charge on any atom is 0.142 e. The summed E-state index contributed by atoms with van der Waals surface area (Å²) >= 11 is 1.50. The lowest BCUT2D eigenvalue weighted by atomic mass is 9.86. The van der Waals surface area contributed by atoms with Crippen molar-refractivity contribution in [3.63, 3.8) is 0 Å². The number of thiazole rings is 1. The second-order valence-electron chi connectivity index (χ2n) is 5.91. The van der Waals surface area contributed by atoms with Crippen LogP contribution in [0.15, 0.2) is 42.6 Å². The Morgan fingerprint density at radius 3 is 3.00 bits per heavy atom. The van der Waals surface area contributed by atoms with Crippen LogP contribution in [0.25, 0.3) is 21.1 Å². The summed E-state index contributed by atoms with van der Waals surface area (Å²) < 4.78 is 13.4. The van der Waals surface area contributed by atoms with Gasteiger partial charge in [0.1, 0.15) is 17.1 Å². The third-order valence-corrected chi connectivity index (χ3v) is 5.40. The first-order valence-electron chi connectivity index (χ1n) is 7.92. The lowest BCUT2D eigenvalue weighted by molar-refractivity contribution is -0.109. The van der Waals surface area contributed by atoms with Crippen LogP contribution in [0.2, 0.25) is 0 Å². The summed E-state index contributed by atoms with van der Waals surface area (Å²) in [4.78, 5) is 21.3. The molecule has 3 aromatic rings. The van der Waals surface area contributed by atoms with Crippen LogP contribution in [0.5, 0.6) is 0 Å². The normalized spacial score (nSPS) is 16.6. The fraction of sp³-hybridized carbons (Fsp3) is 0.211. The van der Waals surface area contributed by atoms with Crippen LogP contribution >= 0.6 is 11.3 Å². The summed E-state index contributed by atoms with van der Waals surface area (Å²) in [5.41, 5.74) is 3.67. The SMILES string of the molecule is O=CC1CCCc2nc(-c3ncc(-c4cccc(F)c4)s3)ccc21. The van der Waals surface area contributed by atoms with E-state index in [4.69, 9.17) is 4.98 Å². The molecule has 1 aromatic carbocycles. The highest BCUT2D eigenvalue weighted by Gasteiger charge is 2.21. The Hall–Kier alpha value is -2.40. The molecule has 0 fully saturated rings. The van der Waals surface area contributed by atoms with Gasteiger partial charge in [-0.1, -0.05) is 18.2 Å². The summed E-state index contributed by atoms with van der Waals surface area (Å²) in [7, 11) is 0. The molecule has 0 radical (unpaired) electrons. The van der Waals surface area contributed by atoms with Crippen molar-refractivity contribution in [3.8, 4) is 21.1 Å². The second kappa shape index (κ2) is 6.24. The van der Waals surface area contributed by atoms with Crippen molar-refractivity contribution in [1.82, 2.24) is 9.97 Å². The lowest BCUT2D eigenvalue weighted by Crippen LogP contribution is -2.12. The predicted octanol–water partition coefficient (Wildman–Crippen LogP) is 4.63. The summed E-state index contributed by atoms with van der Waals surface area (Å²) in [6.45, 7) is 0. The Morgan fingerprint density at radius 1 is 1.25 bits per heavy atom. The van der Waals surface area contributed by atoms with Gasteiger partial charge in [-0.2, -0.15) is 0 Å². The number of aryl methyl sites for hydroxylation is 1. The maximum atomic E-state index is 13.4. The van der Waals surface area contributed by atoms with Crippen LogP contribution in [0.1, 0.15) is 30.0 Å². The predicted molar refractivity (Wildman–Crippen MR) is 92.5 cm³/mol. The summed E-state index contributed by atoms with van der Waals surface area (Å²) in [5, 5.41) is 0.810. The topological polar surface area (TPSA) is 42.9 Å². The Kier molecular flexibility index (Phi) is 3.94. The number of pyridine rings is 1. The Morgan fingerprint density at radius 2 is 2.17 bits per heavy atom. The van der Waals surface area contributed by atoms with Crippen molar-refractivity contribution in [1.29, 1.82) is 0 Å². The molecule has 0 amide bonds. The molecule has 0 N–H and O–H groups in total. The number of hydrogen-bond donors (Lipinski definition) is 0. The summed E-state index contributed by atoms with van der Waals surface area (Å²) in [6.07, 6.45) is 5.56. The first-order valence-corrected chi connectivity index (χ1v) is 8.73. The highest BCUT2D eigenvalue weighted by molar-refractivity contribution is 7.18. The summed E-state index contributed by atoms with van der Waals surface area (Å²) in [5.74, 6) is -0.288. The van der Waals surface area contributed by atoms with Gasteiger partial charge in [0.25, 0.3) is 0 Å². The minimum Gasteiger partial charge on any atom is -0.303 e. The Bertz CT molecular complexity index is 906. The van der Waals surface area contributed by atoms with E-state index in [1.54, 1.807) is 12.3 Å².